The first-order valence-electron chi connectivity index (χ1n) is 6.91. The van der Waals surface area contributed by atoms with Crippen molar-refractivity contribution in [2.75, 3.05) is 13.1 Å². The number of carbonyl (C=O) groups is 2. The number of hydrogen-bond donors (Lipinski definition) is 1. The molecule has 114 valence electrons. The van der Waals surface area contributed by atoms with E-state index in [9.17, 15) is 14.0 Å². The largest absolute Gasteiger partial charge is 0.481 e. The minimum Gasteiger partial charge on any atom is -0.481 e. The molecule has 0 unspecified atom stereocenters. The number of carboxylic acids is 1. The van der Waals surface area contributed by atoms with Crippen LogP contribution in [0, 0.1) is 11.7 Å². The highest BCUT2D eigenvalue weighted by Crippen LogP contribution is 2.19. The van der Waals surface area contributed by atoms with Crippen LogP contribution >= 0.6 is 0 Å². The lowest BCUT2D eigenvalue weighted by Gasteiger charge is -2.32. The number of piperidine rings is 1. The molecule has 1 aliphatic rings. The molecular weight excluding hydrogens is 277 g/mol. The smallest absolute Gasteiger partial charge is 0.306 e. The first-order chi connectivity index (χ1) is 9.97. The Balaban J connectivity index is 1.88. The Labute approximate surface area is 122 Å². The van der Waals surface area contributed by atoms with E-state index in [-0.39, 0.29) is 17.6 Å². The van der Waals surface area contributed by atoms with E-state index in [0.717, 1.165) is 0 Å². The summed E-state index contributed by atoms with van der Waals surface area (Å²) >= 11 is 0. The van der Waals surface area contributed by atoms with Crippen molar-refractivity contribution in [1.29, 1.82) is 0 Å². The lowest BCUT2D eigenvalue weighted by atomic mass is 9.97. The predicted molar refractivity (Wildman–Crippen MR) is 73.4 cm³/mol. The second kappa shape index (κ2) is 6.56. The summed E-state index contributed by atoms with van der Waals surface area (Å²) in [5.41, 5.74) is 0. The first kappa shape index (κ1) is 15.3. The molecule has 1 aliphatic heterocycles. The molecule has 21 heavy (non-hydrogen) atoms. The Hall–Kier alpha value is -2.11. The van der Waals surface area contributed by atoms with Crippen molar-refractivity contribution in [3.05, 3.63) is 30.1 Å². The van der Waals surface area contributed by atoms with E-state index in [2.05, 4.69) is 0 Å². The molecule has 6 heteroatoms. The standard InChI is InChI=1S/C15H18FNO4/c1-10(21-13-4-2-12(16)3-5-13)14(18)17-8-6-11(7-9-17)15(19)20/h2-5,10-11H,6-9H2,1H3,(H,19,20)/t10-/m0/s1. The third-order valence-corrected chi connectivity index (χ3v) is 3.63. The Morgan fingerprint density at radius 3 is 2.38 bits per heavy atom. The maximum absolute atomic E-state index is 12.8. The van der Waals surface area contributed by atoms with Crippen molar-refractivity contribution in [2.24, 2.45) is 5.92 Å². The van der Waals surface area contributed by atoms with Crippen LogP contribution in [0.2, 0.25) is 0 Å². The molecular formula is C15H18FNO4. The fourth-order valence-electron chi connectivity index (χ4n) is 2.37. The van der Waals surface area contributed by atoms with Gasteiger partial charge in [-0.3, -0.25) is 9.59 Å². The molecule has 0 saturated carbocycles. The van der Waals surface area contributed by atoms with E-state index in [1.807, 2.05) is 0 Å². The van der Waals surface area contributed by atoms with Crippen molar-refractivity contribution in [2.45, 2.75) is 25.9 Å². The number of aliphatic carboxylic acids is 1. The number of ether oxygens (including phenoxy) is 1. The van der Waals surface area contributed by atoms with E-state index >= 15 is 0 Å². The van der Waals surface area contributed by atoms with Crippen LogP contribution in [0.15, 0.2) is 24.3 Å². The molecule has 1 atom stereocenters. The average Bonchev–Trinajstić information content (AvgIpc) is 2.49. The second-order valence-electron chi connectivity index (χ2n) is 5.15. The van der Waals surface area contributed by atoms with Crippen LogP contribution in [0.25, 0.3) is 0 Å². The van der Waals surface area contributed by atoms with E-state index in [1.165, 1.54) is 24.3 Å². The number of benzene rings is 1. The fraction of sp³-hybridized carbons (Fsp3) is 0.467. The molecule has 1 aromatic carbocycles. The van der Waals surface area contributed by atoms with E-state index < -0.39 is 12.1 Å². The Morgan fingerprint density at radius 2 is 1.86 bits per heavy atom. The average molecular weight is 295 g/mol. The van der Waals surface area contributed by atoms with Crippen LogP contribution < -0.4 is 4.74 Å². The molecule has 0 radical (unpaired) electrons. The summed E-state index contributed by atoms with van der Waals surface area (Å²) in [7, 11) is 0. The van der Waals surface area contributed by atoms with Crippen molar-refractivity contribution < 1.29 is 23.8 Å². The van der Waals surface area contributed by atoms with Gasteiger partial charge in [0.05, 0.1) is 5.92 Å². The molecule has 0 bridgehead atoms. The monoisotopic (exact) mass is 295 g/mol. The van der Waals surface area contributed by atoms with Crippen molar-refractivity contribution >= 4 is 11.9 Å². The van der Waals surface area contributed by atoms with Crippen LogP contribution in [-0.2, 0) is 9.59 Å². The van der Waals surface area contributed by atoms with Crippen LogP contribution in [-0.4, -0.2) is 41.1 Å². The van der Waals surface area contributed by atoms with Gasteiger partial charge in [-0.1, -0.05) is 0 Å². The zero-order chi connectivity index (χ0) is 15.4. The summed E-state index contributed by atoms with van der Waals surface area (Å²) in [4.78, 5) is 24.7. The van der Waals surface area contributed by atoms with E-state index in [0.29, 0.717) is 31.7 Å². The molecule has 1 heterocycles. The quantitative estimate of drug-likeness (QED) is 0.921. The molecule has 1 amide bonds. The number of carbonyl (C=O) groups excluding carboxylic acids is 1. The molecule has 1 aromatic rings. The summed E-state index contributed by atoms with van der Waals surface area (Å²) in [6, 6.07) is 5.47. The molecule has 5 nitrogen and oxygen atoms in total. The topological polar surface area (TPSA) is 66.8 Å². The zero-order valence-electron chi connectivity index (χ0n) is 11.8. The van der Waals surface area contributed by atoms with Gasteiger partial charge in [0.25, 0.3) is 5.91 Å². The van der Waals surface area contributed by atoms with E-state index in [1.54, 1.807) is 11.8 Å². The van der Waals surface area contributed by atoms with Gasteiger partial charge in [-0.15, -0.1) is 0 Å². The number of amides is 1. The number of carboxylic acid groups (broad SMARTS) is 1. The highest BCUT2D eigenvalue weighted by atomic mass is 19.1. The van der Waals surface area contributed by atoms with Crippen molar-refractivity contribution in [3.8, 4) is 5.75 Å². The minimum atomic E-state index is -0.808. The highest BCUT2D eigenvalue weighted by molar-refractivity contribution is 5.81. The minimum absolute atomic E-state index is 0.178. The van der Waals surface area contributed by atoms with Gasteiger partial charge in [0.15, 0.2) is 6.10 Å². The zero-order valence-corrected chi connectivity index (χ0v) is 11.8. The molecule has 1 saturated heterocycles. The molecule has 0 aliphatic carbocycles. The maximum atomic E-state index is 12.8. The highest BCUT2D eigenvalue weighted by Gasteiger charge is 2.29. The summed E-state index contributed by atoms with van der Waals surface area (Å²) < 4.78 is 18.3. The Bertz CT molecular complexity index is 509. The van der Waals surface area contributed by atoms with Gasteiger partial charge in [0.1, 0.15) is 11.6 Å². The Morgan fingerprint density at radius 1 is 1.29 bits per heavy atom. The molecule has 0 aromatic heterocycles. The summed E-state index contributed by atoms with van der Waals surface area (Å²) in [6.45, 7) is 2.48. The second-order valence-corrected chi connectivity index (χ2v) is 5.15. The Kier molecular flexibility index (Phi) is 4.77. The van der Waals surface area contributed by atoms with Crippen molar-refractivity contribution in [1.82, 2.24) is 4.90 Å². The summed E-state index contributed by atoms with van der Waals surface area (Å²) in [5, 5.41) is 8.93. The van der Waals surface area contributed by atoms with E-state index in [4.69, 9.17) is 9.84 Å². The maximum Gasteiger partial charge on any atom is 0.306 e. The van der Waals surface area contributed by atoms with Crippen LogP contribution in [0.3, 0.4) is 0 Å². The van der Waals surface area contributed by atoms with Gasteiger partial charge >= 0.3 is 5.97 Å². The third kappa shape index (κ3) is 3.93. The van der Waals surface area contributed by atoms with Crippen LogP contribution in [0.5, 0.6) is 5.75 Å². The number of halogens is 1. The number of nitrogens with zero attached hydrogens (tertiary/aromatic N) is 1. The lowest BCUT2D eigenvalue weighted by Crippen LogP contribution is -2.45. The summed E-state index contributed by atoms with van der Waals surface area (Å²) in [5.74, 6) is -1.29. The number of rotatable bonds is 4. The van der Waals surface area contributed by atoms with Gasteiger partial charge in [0.2, 0.25) is 0 Å². The normalized spacial score (nSPS) is 17.3. The molecule has 1 fully saturated rings. The van der Waals surface area contributed by atoms with Crippen LogP contribution in [0.4, 0.5) is 4.39 Å². The van der Waals surface area contributed by atoms with Crippen molar-refractivity contribution in [3.63, 3.8) is 0 Å². The predicted octanol–water partition coefficient (Wildman–Crippen LogP) is 1.92. The molecule has 1 N–H and O–H groups in total. The number of hydrogen-bond acceptors (Lipinski definition) is 3. The first-order valence-corrected chi connectivity index (χ1v) is 6.91. The van der Waals surface area contributed by atoms with Gasteiger partial charge in [0, 0.05) is 13.1 Å². The van der Waals surface area contributed by atoms with Gasteiger partial charge < -0.3 is 14.7 Å². The number of likely N-dealkylation sites (tertiary alicyclic amines) is 1. The van der Waals surface area contributed by atoms with Gasteiger partial charge in [-0.25, -0.2) is 4.39 Å². The van der Waals surface area contributed by atoms with Gasteiger partial charge in [-0.05, 0) is 44.0 Å². The van der Waals surface area contributed by atoms with Crippen LogP contribution in [0.1, 0.15) is 19.8 Å². The summed E-state index contributed by atoms with van der Waals surface area (Å²) in [6.07, 6.45) is 0.242. The molecule has 2 rings (SSSR count). The van der Waals surface area contributed by atoms with Gasteiger partial charge in [-0.2, -0.15) is 0 Å². The lowest BCUT2D eigenvalue weighted by molar-refractivity contribution is -0.147. The molecule has 0 spiro atoms. The third-order valence-electron chi connectivity index (χ3n) is 3.63. The fourth-order valence-corrected chi connectivity index (χ4v) is 2.37. The SMILES string of the molecule is C[C@H](Oc1ccc(F)cc1)C(=O)N1CCC(C(=O)O)CC1.